The van der Waals surface area contributed by atoms with E-state index < -0.39 is 34.2 Å². The molecule has 1 saturated heterocycles. The Kier molecular flexibility index (Phi) is 8.57. The van der Waals surface area contributed by atoms with Crippen LogP contribution >= 0.6 is 11.3 Å². The highest BCUT2D eigenvalue weighted by molar-refractivity contribution is 7.83. The maximum Gasteiger partial charge on any atom is 0.334 e. The molecule has 38 heavy (non-hydrogen) atoms. The number of hydrogen-bond donors (Lipinski definition) is 5. The van der Waals surface area contributed by atoms with E-state index >= 15 is 0 Å². The molecule has 2 atom stereocenters. The second-order valence-electron chi connectivity index (χ2n) is 8.96. The molecule has 0 aliphatic carbocycles. The Morgan fingerprint density at radius 2 is 1.66 bits per heavy atom. The zero-order valence-corrected chi connectivity index (χ0v) is 22.0. The highest BCUT2D eigenvalue weighted by Gasteiger charge is 2.42. The summed E-state index contributed by atoms with van der Waals surface area (Å²) in [5, 5.41) is 10.4. The van der Waals surface area contributed by atoms with E-state index in [2.05, 4.69) is 10.0 Å². The fraction of sp³-hybridized carbons (Fsp3) is 0.269. The third-order valence-corrected chi connectivity index (χ3v) is 8.07. The molecule has 10 nitrogen and oxygen atoms in total. The molecule has 2 amide bonds. The summed E-state index contributed by atoms with van der Waals surface area (Å²) in [5.74, 6) is -1.78. The number of benzene rings is 2. The van der Waals surface area contributed by atoms with Crippen LogP contribution in [0.3, 0.4) is 0 Å². The van der Waals surface area contributed by atoms with Crippen LogP contribution in [-0.4, -0.2) is 54.1 Å². The van der Waals surface area contributed by atoms with Crippen molar-refractivity contribution in [2.24, 2.45) is 5.73 Å². The van der Waals surface area contributed by atoms with Gasteiger partial charge in [0.1, 0.15) is 17.9 Å². The minimum atomic E-state index is -4.77. The first kappa shape index (κ1) is 27.5. The molecule has 4 rings (SSSR count). The Labute approximate surface area is 225 Å². The van der Waals surface area contributed by atoms with Gasteiger partial charge in [0.15, 0.2) is 0 Å². The van der Waals surface area contributed by atoms with Gasteiger partial charge >= 0.3 is 10.3 Å². The van der Waals surface area contributed by atoms with Crippen LogP contribution in [0.15, 0.2) is 72.8 Å². The third-order valence-electron chi connectivity index (χ3n) is 6.40. The van der Waals surface area contributed by atoms with Crippen molar-refractivity contribution in [1.82, 2.24) is 14.9 Å². The standard InChI is InChI=1S/C26H29N5O5S2/c27-24(28)21-14-13-19(37-21)16-29-25(32)20-12-7-15-31(20)26(33)23(30-38(34,35)36)22(17-8-3-1-4-9-17)18-10-5-2-6-11-18/h1-6,8-11,13-14,20,22-23,30H,7,12,15-16H2,(H3,27,28)(H,29,32)(H,34,35,36). The molecule has 1 aliphatic heterocycles. The van der Waals surface area contributed by atoms with Gasteiger partial charge in [-0.3, -0.25) is 19.6 Å². The summed E-state index contributed by atoms with van der Waals surface area (Å²) in [4.78, 5) is 29.9. The molecule has 200 valence electrons. The van der Waals surface area contributed by atoms with Crippen molar-refractivity contribution in [3.05, 3.63) is 93.7 Å². The summed E-state index contributed by atoms with van der Waals surface area (Å²) >= 11 is 1.29. The Morgan fingerprint density at radius 3 is 2.18 bits per heavy atom. The summed E-state index contributed by atoms with van der Waals surface area (Å²) < 4.78 is 35.9. The molecule has 0 saturated carbocycles. The predicted molar refractivity (Wildman–Crippen MR) is 145 cm³/mol. The zero-order chi connectivity index (χ0) is 27.3. The number of thiophene rings is 1. The molecule has 12 heteroatoms. The highest BCUT2D eigenvalue weighted by atomic mass is 32.2. The number of amides is 2. The summed E-state index contributed by atoms with van der Waals surface area (Å²) in [6.45, 7) is 0.475. The maximum absolute atomic E-state index is 14.0. The lowest BCUT2D eigenvalue weighted by molar-refractivity contribution is -0.140. The van der Waals surface area contributed by atoms with Gasteiger partial charge < -0.3 is 16.0 Å². The zero-order valence-electron chi connectivity index (χ0n) is 20.4. The Morgan fingerprint density at radius 1 is 1.05 bits per heavy atom. The molecule has 1 aliphatic rings. The van der Waals surface area contributed by atoms with Crippen LogP contribution < -0.4 is 15.8 Å². The number of nitrogen functional groups attached to an aromatic ring is 1. The van der Waals surface area contributed by atoms with Crippen LogP contribution in [-0.2, 0) is 26.4 Å². The summed E-state index contributed by atoms with van der Waals surface area (Å²) in [7, 11) is -4.77. The molecule has 0 spiro atoms. The average Bonchev–Trinajstić information content (AvgIpc) is 3.57. The van der Waals surface area contributed by atoms with Crippen molar-refractivity contribution in [3.8, 4) is 0 Å². The van der Waals surface area contributed by atoms with E-state index in [1.54, 1.807) is 60.7 Å². The molecule has 0 radical (unpaired) electrons. The van der Waals surface area contributed by atoms with Crippen molar-refractivity contribution in [2.45, 2.75) is 37.4 Å². The van der Waals surface area contributed by atoms with E-state index in [-0.39, 0.29) is 24.8 Å². The van der Waals surface area contributed by atoms with Gasteiger partial charge in [-0.1, -0.05) is 60.7 Å². The van der Waals surface area contributed by atoms with Gasteiger partial charge in [0.25, 0.3) is 0 Å². The van der Waals surface area contributed by atoms with Crippen LogP contribution in [0, 0.1) is 5.41 Å². The highest BCUT2D eigenvalue weighted by Crippen LogP contribution is 2.31. The number of carbonyl (C=O) groups excluding carboxylic acids is 2. The Bertz CT molecular complexity index is 1360. The monoisotopic (exact) mass is 555 g/mol. The molecule has 2 heterocycles. The van der Waals surface area contributed by atoms with Crippen LogP contribution in [0.2, 0.25) is 0 Å². The van der Waals surface area contributed by atoms with Crippen LogP contribution in [0.1, 0.15) is 39.6 Å². The second kappa shape index (κ2) is 11.9. The molecule has 0 bridgehead atoms. The van der Waals surface area contributed by atoms with E-state index in [1.807, 2.05) is 12.1 Å². The van der Waals surface area contributed by atoms with Gasteiger partial charge in [-0.25, -0.2) is 0 Å². The van der Waals surface area contributed by atoms with E-state index in [9.17, 15) is 22.6 Å². The van der Waals surface area contributed by atoms with Gasteiger partial charge in [0.2, 0.25) is 11.8 Å². The van der Waals surface area contributed by atoms with Crippen molar-refractivity contribution < 1.29 is 22.6 Å². The number of amidine groups is 1. The fourth-order valence-corrected chi connectivity index (χ4v) is 6.08. The van der Waals surface area contributed by atoms with Crippen molar-refractivity contribution in [2.75, 3.05) is 6.54 Å². The van der Waals surface area contributed by atoms with Crippen LogP contribution in [0.25, 0.3) is 0 Å². The molecular weight excluding hydrogens is 526 g/mol. The van der Waals surface area contributed by atoms with E-state index in [0.717, 1.165) is 4.88 Å². The van der Waals surface area contributed by atoms with Crippen molar-refractivity contribution in [1.29, 1.82) is 5.41 Å². The number of nitrogens with two attached hydrogens (primary N) is 1. The van der Waals surface area contributed by atoms with E-state index in [4.69, 9.17) is 11.1 Å². The van der Waals surface area contributed by atoms with Gasteiger partial charge in [-0.2, -0.15) is 13.1 Å². The lowest BCUT2D eigenvalue weighted by atomic mass is 9.84. The Hall–Kier alpha value is -3.58. The molecule has 3 aromatic rings. The predicted octanol–water partition coefficient (Wildman–Crippen LogP) is 2.23. The van der Waals surface area contributed by atoms with Gasteiger partial charge in [0, 0.05) is 17.3 Å². The smallest absolute Gasteiger partial charge is 0.334 e. The average molecular weight is 556 g/mol. The topological polar surface area (TPSA) is 166 Å². The lowest BCUT2D eigenvalue weighted by Gasteiger charge is -2.32. The quantitative estimate of drug-likeness (QED) is 0.146. The van der Waals surface area contributed by atoms with E-state index in [0.29, 0.717) is 28.8 Å². The molecule has 6 N–H and O–H groups in total. The largest absolute Gasteiger partial charge is 0.383 e. The minimum Gasteiger partial charge on any atom is -0.383 e. The fourth-order valence-electron chi connectivity index (χ4n) is 4.71. The van der Waals surface area contributed by atoms with Gasteiger partial charge in [0.05, 0.1) is 11.4 Å². The first-order valence-corrected chi connectivity index (χ1v) is 14.3. The number of nitrogens with one attached hydrogen (secondary N) is 3. The summed E-state index contributed by atoms with van der Waals surface area (Å²) in [6.07, 6.45) is 0.984. The first-order chi connectivity index (χ1) is 18.1. The number of likely N-dealkylation sites (tertiary alicyclic amines) is 1. The molecule has 1 aromatic heterocycles. The first-order valence-electron chi connectivity index (χ1n) is 12.0. The minimum absolute atomic E-state index is 0.0519. The number of nitrogens with zero attached hydrogens (tertiary/aromatic N) is 1. The number of carbonyl (C=O) groups is 2. The second-order valence-corrected chi connectivity index (χ2v) is 11.3. The maximum atomic E-state index is 14.0. The SMILES string of the molecule is N=C(N)c1ccc(CNC(=O)C2CCCN2C(=O)C(NS(=O)(=O)O)C(c2ccccc2)c2ccccc2)s1. The van der Waals surface area contributed by atoms with E-state index in [1.165, 1.54) is 16.2 Å². The third kappa shape index (κ3) is 6.64. The normalized spacial score (nSPS) is 16.4. The molecular formula is C26H29N5O5S2. The van der Waals surface area contributed by atoms with Crippen molar-refractivity contribution >= 4 is 39.3 Å². The Balaban J connectivity index is 1.61. The lowest BCUT2D eigenvalue weighted by Crippen LogP contribution is -2.55. The van der Waals surface area contributed by atoms with Crippen molar-refractivity contribution in [3.63, 3.8) is 0 Å². The number of hydrogen-bond acceptors (Lipinski definition) is 6. The van der Waals surface area contributed by atoms with Gasteiger partial charge in [-0.05, 0) is 36.1 Å². The summed E-state index contributed by atoms with van der Waals surface area (Å²) in [5.41, 5.74) is 6.86. The van der Waals surface area contributed by atoms with Crippen LogP contribution in [0.5, 0.6) is 0 Å². The number of rotatable bonds is 10. The molecule has 1 fully saturated rings. The van der Waals surface area contributed by atoms with Crippen LogP contribution in [0.4, 0.5) is 0 Å². The van der Waals surface area contributed by atoms with Gasteiger partial charge in [-0.15, -0.1) is 11.3 Å². The molecule has 2 aromatic carbocycles. The summed E-state index contributed by atoms with van der Waals surface area (Å²) in [6, 6.07) is 19.2. The molecule has 2 unspecified atom stereocenters.